The smallest absolute Gasteiger partial charge is 0.0444 e. The summed E-state index contributed by atoms with van der Waals surface area (Å²) in [6, 6.07) is 2.03. The molecule has 0 spiro atoms. The molecule has 0 amide bonds. The maximum Gasteiger partial charge on any atom is 0.0444 e. The van der Waals surface area contributed by atoms with E-state index in [9.17, 15) is 0 Å². The number of aromatic nitrogens is 1. The standard InChI is InChI=1S/C12H21N3/c1-5-12(2,3)15(4)11-6-7-14-9-10(11)8-13/h6-7,9H,5,8,13H2,1-4H3. The largest absolute Gasteiger partial charge is 0.369 e. The first kappa shape index (κ1) is 12.0. The Bertz CT molecular complexity index is 320. The van der Waals surface area contributed by atoms with Gasteiger partial charge in [-0.05, 0) is 26.3 Å². The van der Waals surface area contributed by atoms with Gasteiger partial charge in [-0.1, -0.05) is 6.92 Å². The second-order valence-electron chi connectivity index (χ2n) is 4.43. The van der Waals surface area contributed by atoms with E-state index in [2.05, 4.69) is 37.7 Å². The minimum atomic E-state index is 0.144. The first-order chi connectivity index (χ1) is 7.03. The molecule has 0 aliphatic heterocycles. The first-order valence-electron chi connectivity index (χ1n) is 5.39. The van der Waals surface area contributed by atoms with Gasteiger partial charge in [0, 0.05) is 42.8 Å². The number of rotatable bonds is 4. The second-order valence-corrected chi connectivity index (χ2v) is 4.43. The van der Waals surface area contributed by atoms with E-state index in [1.54, 1.807) is 0 Å². The maximum atomic E-state index is 5.71. The minimum absolute atomic E-state index is 0.144. The third kappa shape index (κ3) is 2.48. The van der Waals surface area contributed by atoms with E-state index in [0.29, 0.717) is 6.54 Å². The van der Waals surface area contributed by atoms with Gasteiger partial charge in [-0.3, -0.25) is 4.98 Å². The molecule has 0 aromatic carbocycles. The molecule has 0 bridgehead atoms. The summed E-state index contributed by atoms with van der Waals surface area (Å²) >= 11 is 0. The van der Waals surface area contributed by atoms with Crippen LogP contribution in [0.4, 0.5) is 5.69 Å². The van der Waals surface area contributed by atoms with Crippen LogP contribution in [0, 0.1) is 0 Å². The SMILES string of the molecule is CCC(C)(C)N(C)c1ccncc1CN. The lowest BCUT2D eigenvalue weighted by molar-refractivity contribution is 0.469. The molecule has 15 heavy (non-hydrogen) atoms. The molecule has 0 saturated heterocycles. The molecule has 84 valence electrons. The Morgan fingerprint density at radius 3 is 2.67 bits per heavy atom. The molecule has 0 saturated carbocycles. The molecule has 0 radical (unpaired) electrons. The predicted octanol–water partition coefficient (Wildman–Crippen LogP) is 2.17. The third-order valence-corrected chi connectivity index (χ3v) is 3.23. The zero-order valence-corrected chi connectivity index (χ0v) is 10.1. The van der Waals surface area contributed by atoms with Gasteiger partial charge in [0.15, 0.2) is 0 Å². The van der Waals surface area contributed by atoms with E-state index in [1.807, 2.05) is 18.5 Å². The number of nitrogens with zero attached hydrogens (tertiary/aromatic N) is 2. The molecule has 0 aliphatic carbocycles. The Morgan fingerprint density at radius 2 is 2.13 bits per heavy atom. The summed E-state index contributed by atoms with van der Waals surface area (Å²) in [5.74, 6) is 0. The van der Waals surface area contributed by atoms with Gasteiger partial charge in [0.2, 0.25) is 0 Å². The van der Waals surface area contributed by atoms with Crippen molar-refractivity contribution in [3.05, 3.63) is 24.0 Å². The van der Waals surface area contributed by atoms with Crippen LogP contribution in [0.25, 0.3) is 0 Å². The summed E-state index contributed by atoms with van der Waals surface area (Å²) in [4.78, 5) is 6.37. The van der Waals surface area contributed by atoms with E-state index in [-0.39, 0.29) is 5.54 Å². The fourth-order valence-corrected chi connectivity index (χ4v) is 1.47. The van der Waals surface area contributed by atoms with E-state index >= 15 is 0 Å². The summed E-state index contributed by atoms with van der Waals surface area (Å²) in [7, 11) is 2.11. The molecule has 0 atom stereocenters. The monoisotopic (exact) mass is 207 g/mol. The van der Waals surface area contributed by atoms with Crippen LogP contribution in [-0.4, -0.2) is 17.6 Å². The Morgan fingerprint density at radius 1 is 1.47 bits per heavy atom. The molecule has 0 unspecified atom stereocenters. The average Bonchev–Trinajstić information content (AvgIpc) is 2.28. The summed E-state index contributed by atoms with van der Waals surface area (Å²) < 4.78 is 0. The highest BCUT2D eigenvalue weighted by atomic mass is 15.2. The minimum Gasteiger partial charge on any atom is -0.369 e. The van der Waals surface area contributed by atoms with Gasteiger partial charge in [0.25, 0.3) is 0 Å². The molecule has 0 fully saturated rings. The quantitative estimate of drug-likeness (QED) is 0.822. The molecule has 3 heteroatoms. The van der Waals surface area contributed by atoms with Crippen LogP contribution in [0.15, 0.2) is 18.5 Å². The number of hydrogen-bond donors (Lipinski definition) is 1. The summed E-state index contributed by atoms with van der Waals surface area (Å²) in [6.07, 6.45) is 4.75. The lowest BCUT2D eigenvalue weighted by Crippen LogP contribution is -2.41. The van der Waals surface area contributed by atoms with Crippen LogP contribution < -0.4 is 10.6 Å². The number of nitrogens with two attached hydrogens (primary N) is 1. The van der Waals surface area contributed by atoms with Crippen molar-refractivity contribution in [2.24, 2.45) is 5.73 Å². The Labute approximate surface area is 92.3 Å². The van der Waals surface area contributed by atoms with Gasteiger partial charge in [0.05, 0.1) is 0 Å². The highest BCUT2D eigenvalue weighted by Crippen LogP contribution is 2.26. The van der Waals surface area contributed by atoms with E-state index in [1.165, 1.54) is 5.69 Å². The van der Waals surface area contributed by atoms with Gasteiger partial charge < -0.3 is 10.6 Å². The molecule has 1 aromatic heterocycles. The topological polar surface area (TPSA) is 42.2 Å². The summed E-state index contributed by atoms with van der Waals surface area (Å²) in [5.41, 5.74) is 8.13. The summed E-state index contributed by atoms with van der Waals surface area (Å²) in [5, 5.41) is 0. The molecule has 1 rings (SSSR count). The molecule has 2 N–H and O–H groups in total. The molecule has 3 nitrogen and oxygen atoms in total. The van der Waals surface area contributed by atoms with Crippen molar-refractivity contribution in [1.82, 2.24) is 4.98 Å². The lowest BCUT2D eigenvalue weighted by Gasteiger charge is -2.37. The summed E-state index contributed by atoms with van der Waals surface area (Å²) in [6.45, 7) is 7.19. The van der Waals surface area contributed by atoms with Gasteiger partial charge in [-0.25, -0.2) is 0 Å². The zero-order valence-electron chi connectivity index (χ0n) is 10.1. The van der Waals surface area contributed by atoms with Crippen molar-refractivity contribution in [2.75, 3.05) is 11.9 Å². The number of anilines is 1. The van der Waals surface area contributed by atoms with Gasteiger partial charge in [-0.2, -0.15) is 0 Å². The Hall–Kier alpha value is -1.09. The van der Waals surface area contributed by atoms with Crippen molar-refractivity contribution in [3.63, 3.8) is 0 Å². The molecule has 1 aromatic rings. The van der Waals surface area contributed by atoms with Crippen LogP contribution in [0.3, 0.4) is 0 Å². The molecule has 1 heterocycles. The van der Waals surface area contributed by atoms with Crippen LogP contribution in [0.2, 0.25) is 0 Å². The number of hydrogen-bond acceptors (Lipinski definition) is 3. The van der Waals surface area contributed by atoms with E-state index in [0.717, 1.165) is 12.0 Å². The Kier molecular flexibility index (Phi) is 3.69. The van der Waals surface area contributed by atoms with E-state index < -0.39 is 0 Å². The fourth-order valence-electron chi connectivity index (χ4n) is 1.47. The van der Waals surface area contributed by atoms with Crippen molar-refractivity contribution < 1.29 is 0 Å². The zero-order chi connectivity index (χ0) is 11.5. The lowest BCUT2D eigenvalue weighted by atomic mass is 9.98. The molecular formula is C12H21N3. The van der Waals surface area contributed by atoms with Crippen molar-refractivity contribution in [3.8, 4) is 0 Å². The van der Waals surface area contributed by atoms with Gasteiger partial charge >= 0.3 is 0 Å². The van der Waals surface area contributed by atoms with Crippen LogP contribution in [0.5, 0.6) is 0 Å². The third-order valence-electron chi connectivity index (χ3n) is 3.23. The Balaban J connectivity index is 3.05. The van der Waals surface area contributed by atoms with Gasteiger partial charge in [0.1, 0.15) is 0 Å². The predicted molar refractivity (Wildman–Crippen MR) is 64.9 cm³/mol. The van der Waals surface area contributed by atoms with Crippen molar-refractivity contribution in [1.29, 1.82) is 0 Å². The van der Waals surface area contributed by atoms with Crippen molar-refractivity contribution in [2.45, 2.75) is 39.3 Å². The first-order valence-corrected chi connectivity index (χ1v) is 5.39. The number of pyridine rings is 1. The van der Waals surface area contributed by atoms with Crippen LogP contribution in [0.1, 0.15) is 32.8 Å². The molecule has 0 aliphatic rings. The highest BCUT2D eigenvalue weighted by molar-refractivity contribution is 5.53. The van der Waals surface area contributed by atoms with E-state index in [4.69, 9.17) is 5.73 Å². The average molecular weight is 207 g/mol. The highest BCUT2D eigenvalue weighted by Gasteiger charge is 2.22. The molecular weight excluding hydrogens is 186 g/mol. The van der Waals surface area contributed by atoms with Gasteiger partial charge in [-0.15, -0.1) is 0 Å². The fraction of sp³-hybridized carbons (Fsp3) is 0.583. The second kappa shape index (κ2) is 4.62. The maximum absolute atomic E-state index is 5.71. The normalized spacial score (nSPS) is 11.5. The van der Waals surface area contributed by atoms with Crippen LogP contribution >= 0.6 is 0 Å². The van der Waals surface area contributed by atoms with Crippen molar-refractivity contribution >= 4 is 5.69 Å². The van der Waals surface area contributed by atoms with Crippen LogP contribution in [-0.2, 0) is 6.54 Å².